The summed E-state index contributed by atoms with van der Waals surface area (Å²) in [5, 5.41) is 14.4. The number of nitrogens with one attached hydrogen (secondary N) is 1. The normalized spacial score (nSPS) is 14.8. The standard InChI is InChI=1S/C39H24N2S2/c1-2-10-25-23(9-1)21-30(27-12-4-3-11-26(25)27)24-17-19-34-31(22-24)28-13-5-7-15-33(28)41(34)39-40-32-18-20-36-37(38(32)43-39)29-14-6-8-16-35(29)42-36/h1-22,39-40H. The molecule has 1 N–H and O–H groups in total. The van der Waals surface area contributed by atoms with E-state index in [1.54, 1.807) is 0 Å². The summed E-state index contributed by atoms with van der Waals surface area (Å²) in [6.45, 7) is 0. The lowest BCUT2D eigenvalue weighted by atomic mass is 9.93. The first-order chi connectivity index (χ1) is 21.3. The van der Waals surface area contributed by atoms with Crippen molar-refractivity contribution in [2.45, 2.75) is 10.4 Å². The van der Waals surface area contributed by atoms with Crippen LogP contribution in [-0.2, 0) is 0 Å². The molecular weight excluding hydrogens is 561 g/mol. The lowest BCUT2D eigenvalue weighted by molar-refractivity contribution is 0.826. The third-order valence-electron chi connectivity index (χ3n) is 9.03. The smallest absolute Gasteiger partial charge is 0.157 e. The van der Waals surface area contributed by atoms with Crippen LogP contribution in [0, 0.1) is 0 Å². The Bertz CT molecular complexity index is 2590. The van der Waals surface area contributed by atoms with E-state index in [2.05, 4.69) is 143 Å². The van der Waals surface area contributed by atoms with Gasteiger partial charge in [0.2, 0.25) is 0 Å². The number of anilines is 1. The number of aromatic nitrogens is 1. The molecule has 7 aromatic carbocycles. The van der Waals surface area contributed by atoms with Crippen LogP contribution in [0.5, 0.6) is 0 Å². The zero-order valence-corrected chi connectivity index (χ0v) is 24.7. The van der Waals surface area contributed by atoms with Crippen LogP contribution in [0.3, 0.4) is 0 Å². The molecule has 0 amide bonds. The fourth-order valence-electron chi connectivity index (χ4n) is 7.13. The number of hydrogen-bond donors (Lipinski definition) is 1. The summed E-state index contributed by atoms with van der Waals surface area (Å²) < 4.78 is 5.20. The highest BCUT2D eigenvalue weighted by molar-refractivity contribution is 8.00. The van der Waals surface area contributed by atoms with Gasteiger partial charge in [0.1, 0.15) is 0 Å². The van der Waals surface area contributed by atoms with Gasteiger partial charge in [-0.25, -0.2) is 0 Å². The molecule has 4 heteroatoms. The number of para-hydroxylation sites is 1. The van der Waals surface area contributed by atoms with Crippen molar-refractivity contribution in [2.24, 2.45) is 0 Å². The van der Waals surface area contributed by atoms with E-state index in [-0.39, 0.29) is 5.50 Å². The molecular formula is C39H24N2S2. The van der Waals surface area contributed by atoms with Gasteiger partial charge in [-0.1, -0.05) is 103 Å². The molecule has 0 radical (unpaired) electrons. The van der Waals surface area contributed by atoms with Crippen LogP contribution in [-0.4, -0.2) is 4.57 Å². The predicted molar refractivity (Wildman–Crippen MR) is 188 cm³/mol. The van der Waals surface area contributed by atoms with Crippen molar-refractivity contribution >= 4 is 92.3 Å². The average Bonchev–Trinajstić information content (AvgIpc) is 3.75. The summed E-state index contributed by atoms with van der Waals surface area (Å²) in [7, 11) is 0. The van der Waals surface area contributed by atoms with Crippen LogP contribution >= 0.6 is 23.1 Å². The summed E-state index contributed by atoms with van der Waals surface area (Å²) >= 11 is 3.82. The minimum Gasteiger partial charge on any atom is -0.355 e. The van der Waals surface area contributed by atoms with Crippen molar-refractivity contribution in [1.29, 1.82) is 0 Å². The largest absolute Gasteiger partial charge is 0.355 e. The highest BCUT2D eigenvalue weighted by atomic mass is 32.2. The monoisotopic (exact) mass is 584 g/mol. The summed E-state index contributed by atoms with van der Waals surface area (Å²) in [5.41, 5.74) is 6.31. The van der Waals surface area contributed by atoms with Gasteiger partial charge >= 0.3 is 0 Å². The second kappa shape index (κ2) is 8.87. The van der Waals surface area contributed by atoms with Crippen LogP contribution in [0.25, 0.3) is 74.6 Å². The van der Waals surface area contributed by atoms with Gasteiger partial charge in [0.05, 0.1) is 16.7 Å². The molecule has 10 rings (SSSR count). The van der Waals surface area contributed by atoms with Crippen molar-refractivity contribution < 1.29 is 0 Å². The second-order valence-electron chi connectivity index (χ2n) is 11.3. The van der Waals surface area contributed by atoms with Crippen molar-refractivity contribution in [2.75, 3.05) is 5.32 Å². The van der Waals surface area contributed by atoms with Crippen molar-refractivity contribution in [1.82, 2.24) is 4.57 Å². The summed E-state index contributed by atoms with van der Waals surface area (Å²) in [4.78, 5) is 1.35. The molecule has 43 heavy (non-hydrogen) atoms. The number of fused-ring (bicyclic) bond motifs is 11. The topological polar surface area (TPSA) is 17.0 Å². The van der Waals surface area contributed by atoms with Gasteiger partial charge in [-0.2, -0.15) is 0 Å². The van der Waals surface area contributed by atoms with Crippen LogP contribution in [0.15, 0.2) is 138 Å². The molecule has 1 atom stereocenters. The molecule has 2 nitrogen and oxygen atoms in total. The van der Waals surface area contributed by atoms with Crippen LogP contribution in [0.2, 0.25) is 0 Å². The maximum atomic E-state index is 3.89. The highest BCUT2D eigenvalue weighted by Gasteiger charge is 2.29. The van der Waals surface area contributed by atoms with E-state index >= 15 is 0 Å². The third kappa shape index (κ3) is 3.36. The van der Waals surface area contributed by atoms with E-state index < -0.39 is 0 Å². The summed E-state index contributed by atoms with van der Waals surface area (Å²) in [6.07, 6.45) is 0. The van der Waals surface area contributed by atoms with E-state index in [1.165, 1.54) is 85.2 Å². The Hall–Kier alpha value is -4.77. The SMILES string of the molecule is c1ccc2c(c1)cc(-c1ccc3c(c1)c1ccccc1n3C1Nc3ccc4sc5ccccc5c4c3S1)c1ccccc12. The lowest BCUT2D eigenvalue weighted by Crippen LogP contribution is -2.10. The fraction of sp³-hybridized carbons (Fsp3) is 0.0256. The Balaban J connectivity index is 1.17. The van der Waals surface area contributed by atoms with Gasteiger partial charge < -0.3 is 9.88 Å². The van der Waals surface area contributed by atoms with Gasteiger partial charge in [-0.3, -0.25) is 0 Å². The Morgan fingerprint density at radius 1 is 0.535 bits per heavy atom. The molecule has 3 heterocycles. The van der Waals surface area contributed by atoms with Crippen molar-refractivity contribution in [3.8, 4) is 11.1 Å². The van der Waals surface area contributed by atoms with Crippen LogP contribution < -0.4 is 5.32 Å². The van der Waals surface area contributed by atoms with Gasteiger partial charge in [-0.15, -0.1) is 11.3 Å². The molecule has 1 aliphatic heterocycles. The highest BCUT2D eigenvalue weighted by Crippen LogP contribution is 2.53. The van der Waals surface area contributed by atoms with E-state index in [9.17, 15) is 0 Å². The minimum absolute atomic E-state index is 0.0639. The maximum Gasteiger partial charge on any atom is 0.157 e. The number of nitrogens with zero attached hydrogens (tertiary/aromatic N) is 1. The van der Waals surface area contributed by atoms with E-state index in [0.29, 0.717) is 0 Å². The van der Waals surface area contributed by atoms with Gasteiger partial charge in [0.25, 0.3) is 0 Å². The maximum absolute atomic E-state index is 3.89. The first-order valence-electron chi connectivity index (χ1n) is 14.6. The van der Waals surface area contributed by atoms with Crippen LogP contribution in [0.4, 0.5) is 5.69 Å². The zero-order chi connectivity index (χ0) is 28.1. The molecule has 9 aromatic rings. The molecule has 2 aromatic heterocycles. The molecule has 1 aliphatic rings. The molecule has 0 fully saturated rings. The first-order valence-corrected chi connectivity index (χ1v) is 16.3. The third-order valence-corrected chi connectivity index (χ3v) is 11.4. The molecule has 0 saturated carbocycles. The van der Waals surface area contributed by atoms with Gasteiger partial charge in [-0.05, 0) is 75.1 Å². The first kappa shape index (κ1) is 23.8. The Morgan fingerprint density at radius 3 is 2.16 bits per heavy atom. The number of hydrogen-bond acceptors (Lipinski definition) is 3. The van der Waals surface area contributed by atoms with Gasteiger partial charge in [0, 0.05) is 35.8 Å². The molecule has 0 spiro atoms. The summed E-state index contributed by atoms with van der Waals surface area (Å²) in [5.74, 6) is 0. The minimum atomic E-state index is 0.0639. The number of thioether (sulfide) groups is 1. The average molecular weight is 585 g/mol. The van der Waals surface area contributed by atoms with E-state index in [0.717, 1.165) is 0 Å². The Morgan fingerprint density at radius 2 is 1.26 bits per heavy atom. The van der Waals surface area contributed by atoms with E-state index in [4.69, 9.17) is 0 Å². The molecule has 0 bridgehead atoms. The number of benzene rings is 7. The van der Waals surface area contributed by atoms with E-state index in [1.807, 2.05) is 23.1 Å². The molecule has 1 unspecified atom stereocenters. The molecule has 202 valence electrons. The molecule has 0 aliphatic carbocycles. The quantitative estimate of drug-likeness (QED) is 0.204. The fourth-order valence-corrected chi connectivity index (χ4v) is 9.64. The Labute approximate surface area is 256 Å². The Kier molecular flexibility index (Phi) is 4.90. The van der Waals surface area contributed by atoms with Crippen molar-refractivity contribution in [3.05, 3.63) is 133 Å². The molecule has 0 saturated heterocycles. The zero-order valence-electron chi connectivity index (χ0n) is 23.0. The van der Waals surface area contributed by atoms with Crippen LogP contribution in [0.1, 0.15) is 5.50 Å². The second-order valence-corrected chi connectivity index (χ2v) is 13.5. The predicted octanol–water partition coefficient (Wildman–Crippen LogP) is 11.8. The lowest BCUT2D eigenvalue weighted by Gasteiger charge is -2.16. The number of rotatable bonds is 2. The van der Waals surface area contributed by atoms with Gasteiger partial charge in [0.15, 0.2) is 5.50 Å². The van der Waals surface area contributed by atoms with Crippen molar-refractivity contribution in [3.63, 3.8) is 0 Å². The number of thiophene rings is 1. The summed E-state index contributed by atoms with van der Waals surface area (Å²) in [6, 6.07) is 49.1.